The van der Waals surface area contributed by atoms with Gasteiger partial charge in [0.1, 0.15) is 5.75 Å². The van der Waals surface area contributed by atoms with E-state index in [1.54, 1.807) is 0 Å². The predicted molar refractivity (Wildman–Crippen MR) is 59.6 cm³/mol. The van der Waals surface area contributed by atoms with E-state index in [1.165, 1.54) is 36.7 Å². The Bertz CT molecular complexity index is 524. The van der Waals surface area contributed by atoms with Crippen LogP contribution in [0.5, 0.6) is 11.5 Å². The van der Waals surface area contributed by atoms with Crippen molar-refractivity contribution in [2.75, 3.05) is 5.73 Å². The highest BCUT2D eigenvalue weighted by Crippen LogP contribution is 2.22. The molecular formula is C10H8N4O3. The lowest BCUT2D eigenvalue weighted by molar-refractivity contribution is -0.384. The van der Waals surface area contributed by atoms with Crippen molar-refractivity contribution in [2.45, 2.75) is 0 Å². The van der Waals surface area contributed by atoms with Crippen molar-refractivity contribution in [3.63, 3.8) is 0 Å². The van der Waals surface area contributed by atoms with Crippen molar-refractivity contribution in [2.24, 2.45) is 0 Å². The molecule has 0 amide bonds. The SMILES string of the molecule is Nc1ncc(Oc2ccc([N+](=O)[O-])cc2)cn1. The molecule has 0 unspecified atom stereocenters. The second-order valence-corrected chi connectivity index (χ2v) is 3.13. The standard InChI is InChI=1S/C10H8N4O3/c11-10-12-5-9(6-13-10)17-8-3-1-7(2-4-8)14(15)16/h1-6H,(H2,11,12,13). The minimum Gasteiger partial charge on any atom is -0.454 e. The van der Waals surface area contributed by atoms with Gasteiger partial charge in [0.15, 0.2) is 5.75 Å². The van der Waals surface area contributed by atoms with Gasteiger partial charge in [0.05, 0.1) is 17.3 Å². The summed E-state index contributed by atoms with van der Waals surface area (Å²) in [5.41, 5.74) is 5.33. The molecule has 0 saturated heterocycles. The minimum absolute atomic E-state index is 0.00547. The molecule has 7 nitrogen and oxygen atoms in total. The topological polar surface area (TPSA) is 104 Å². The number of hydrogen-bond donors (Lipinski definition) is 1. The average Bonchev–Trinajstić information content (AvgIpc) is 2.33. The number of nitrogen functional groups attached to an aromatic ring is 1. The van der Waals surface area contributed by atoms with E-state index in [1.807, 2.05) is 0 Å². The number of ether oxygens (including phenoxy) is 1. The van der Waals surface area contributed by atoms with Crippen molar-refractivity contribution in [3.8, 4) is 11.5 Å². The van der Waals surface area contributed by atoms with Crippen LogP contribution in [0.4, 0.5) is 11.6 Å². The molecule has 0 aliphatic heterocycles. The van der Waals surface area contributed by atoms with Crippen molar-refractivity contribution < 1.29 is 9.66 Å². The molecule has 0 atom stereocenters. The second-order valence-electron chi connectivity index (χ2n) is 3.13. The van der Waals surface area contributed by atoms with Gasteiger partial charge in [0, 0.05) is 12.1 Å². The maximum absolute atomic E-state index is 10.4. The maximum atomic E-state index is 10.4. The Morgan fingerprint density at radius 3 is 2.24 bits per heavy atom. The van der Waals surface area contributed by atoms with Crippen LogP contribution in [0.25, 0.3) is 0 Å². The maximum Gasteiger partial charge on any atom is 0.269 e. The molecule has 2 aromatic rings. The Labute approximate surface area is 96.0 Å². The minimum atomic E-state index is -0.476. The van der Waals surface area contributed by atoms with E-state index in [0.29, 0.717) is 11.5 Å². The Morgan fingerprint density at radius 2 is 1.71 bits per heavy atom. The van der Waals surface area contributed by atoms with Crippen molar-refractivity contribution in [3.05, 3.63) is 46.8 Å². The van der Waals surface area contributed by atoms with E-state index in [0.717, 1.165) is 0 Å². The highest BCUT2D eigenvalue weighted by Gasteiger charge is 2.05. The number of hydrogen-bond acceptors (Lipinski definition) is 6. The third-order valence-corrected chi connectivity index (χ3v) is 1.93. The van der Waals surface area contributed by atoms with Gasteiger partial charge < -0.3 is 10.5 Å². The average molecular weight is 232 g/mol. The van der Waals surface area contributed by atoms with Gasteiger partial charge in [-0.2, -0.15) is 0 Å². The first kappa shape index (κ1) is 10.8. The van der Waals surface area contributed by atoms with E-state index in [9.17, 15) is 10.1 Å². The molecule has 1 aromatic carbocycles. The summed E-state index contributed by atoms with van der Waals surface area (Å²) in [7, 11) is 0. The fourth-order valence-electron chi connectivity index (χ4n) is 1.15. The first-order valence-electron chi connectivity index (χ1n) is 4.65. The van der Waals surface area contributed by atoms with Crippen LogP contribution in [0, 0.1) is 10.1 Å². The fraction of sp³-hybridized carbons (Fsp3) is 0. The highest BCUT2D eigenvalue weighted by atomic mass is 16.6. The number of anilines is 1. The summed E-state index contributed by atoms with van der Waals surface area (Å²) in [6.45, 7) is 0. The summed E-state index contributed by atoms with van der Waals surface area (Å²) in [6.07, 6.45) is 2.84. The van der Waals surface area contributed by atoms with Crippen molar-refractivity contribution in [1.82, 2.24) is 9.97 Å². The van der Waals surface area contributed by atoms with Crippen LogP contribution in [0.1, 0.15) is 0 Å². The van der Waals surface area contributed by atoms with Gasteiger partial charge in [-0.15, -0.1) is 0 Å². The Balaban J connectivity index is 2.13. The van der Waals surface area contributed by atoms with Gasteiger partial charge in [0.2, 0.25) is 5.95 Å². The lowest BCUT2D eigenvalue weighted by atomic mass is 10.3. The third-order valence-electron chi connectivity index (χ3n) is 1.93. The van der Waals surface area contributed by atoms with Gasteiger partial charge in [-0.05, 0) is 12.1 Å². The molecule has 17 heavy (non-hydrogen) atoms. The largest absolute Gasteiger partial charge is 0.454 e. The molecule has 0 saturated carbocycles. The molecule has 0 spiro atoms. The van der Waals surface area contributed by atoms with Crippen molar-refractivity contribution >= 4 is 11.6 Å². The normalized spacial score (nSPS) is 9.88. The van der Waals surface area contributed by atoms with E-state index < -0.39 is 4.92 Å². The van der Waals surface area contributed by atoms with Crippen LogP contribution in [0.3, 0.4) is 0 Å². The number of nitro benzene ring substituents is 1. The Kier molecular flexibility index (Phi) is 2.82. The zero-order valence-corrected chi connectivity index (χ0v) is 8.61. The lowest BCUT2D eigenvalue weighted by Gasteiger charge is -2.03. The summed E-state index contributed by atoms with van der Waals surface area (Å²) in [5.74, 6) is 1.03. The number of nitro groups is 1. The first-order chi connectivity index (χ1) is 8.15. The van der Waals surface area contributed by atoms with Crippen LogP contribution in [0.15, 0.2) is 36.7 Å². The second kappa shape index (κ2) is 4.44. The molecule has 0 bridgehead atoms. The Hall–Kier alpha value is -2.70. The van der Waals surface area contributed by atoms with Crippen LogP contribution < -0.4 is 10.5 Å². The number of non-ortho nitro benzene ring substituents is 1. The number of aromatic nitrogens is 2. The zero-order valence-electron chi connectivity index (χ0n) is 8.61. The number of rotatable bonds is 3. The van der Waals surface area contributed by atoms with Crippen molar-refractivity contribution in [1.29, 1.82) is 0 Å². The van der Waals surface area contributed by atoms with Crippen LogP contribution in [0.2, 0.25) is 0 Å². The molecule has 0 aliphatic rings. The Morgan fingerprint density at radius 1 is 1.12 bits per heavy atom. The smallest absolute Gasteiger partial charge is 0.269 e. The van der Waals surface area contributed by atoms with Gasteiger partial charge in [0.25, 0.3) is 5.69 Å². The fourth-order valence-corrected chi connectivity index (χ4v) is 1.15. The molecule has 0 radical (unpaired) electrons. The van der Waals surface area contributed by atoms with E-state index in [4.69, 9.17) is 10.5 Å². The number of benzene rings is 1. The molecule has 1 heterocycles. The summed E-state index contributed by atoms with van der Waals surface area (Å²) in [4.78, 5) is 17.5. The predicted octanol–water partition coefficient (Wildman–Crippen LogP) is 1.76. The van der Waals surface area contributed by atoms with Crippen LogP contribution in [-0.2, 0) is 0 Å². The molecule has 0 fully saturated rings. The van der Waals surface area contributed by atoms with E-state index in [-0.39, 0.29) is 11.6 Å². The lowest BCUT2D eigenvalue weighted by Crippen LogP contribution is -1.94. The first-order valence-corrected chi connectivity index (χ1v) is 4.65. The summed E-state index contributed by atoms with van der Waals surface area (Å²) < 4.78 is 5.36. The molecule has 7 heteroatoms. The monoisotopic (exact) mass is 232 g/mol. The van der Waals surface area contributed by atoms with E-state index in [2.05, 4.69) is 9.97 Å². The van der Waals surface area contributed by atoms with Gasteiger partial charge >= 0.3 is 0 Å². The van der Waals surface area contributed by atoms with Gasteiger partial charge in [-0.25, -0.2) is 9.97 Å². The van der Waals surface area contributed by atoms with Crippen LogP contribution in [-0.4, -0.2) is 14.9 Å². The van der Waals surface area contributed by atoms with Gasteiger partial charge in [-0.1, -0.05) is 0 Å². The van der Waals surface area contributed by atoms with Crippen LogP contribution >= 0.6 is 0 Å². The zero-order chi connectivity index (χ0) is 12.3. The van der Waals surface area contributed by atoms with Gasteiger partial charge in [-0.3, -0.25) is 10.1 Å². The molecular weight excluding hydrogens is 224 g/mol. The highest BCUT2D eigenvalue weighted by molar-refractivity contribution is 5.38. The quantitative estimate of drug-likeness (QED) is 0.638. The van der Waals surface area contributed by atoms with E-state index >= 15 is 0 Å². The number of nitrogens with zero attached hydrogens (tertiary/aromatic N) is 3. The summed E-state index contributed by atoms with van der Waals surface area (Å²) >= 11 is 0. The summed E-state index contributed by atoms with van der Waals surface area (Å²) in [5, 5.41) is 10.4. The molecule has 2 rings (SSSR count). The molecule has 86 valence electrons. The molecule has 2 N–H and O–H groups in total. The molecule has 0 aliphatic carbocycles. The number of nitrogens with two attached hydrogens (primary N) is 1. The summed E-state index contributed by atoms with van der Waals surface area (Å²) in [6, 6.07) is 5.70. The molecule has 1 aromatic heterocycles. The third kappa shape index (κ3) is 2.65.